The molecule has 286 valence electrons. The standard InChI is InChI=1S/C12H14F10S4.C12H20F4S4.Ni/c13-9(14,6-11(17,18)19)3-5-26-8(24)7(23)25-4-1-2-10(15,16)12(20,21)22;1-3-12(15,16)6-8-20-10(18)9(17)19-7-4-5-11(2,13)14;/h23-24H,1-6H2;17-18H,3-8H2,1-2H3;/p-4/b8-7-;10-9-;. The van der Waals surface area contributed by atoms with E-state index in [0.29, 0.717) is 44.2 Å². The van der Waals surface area contributed by atoms with Crippen LogP contribution >= 0.6 is 47.0 Å². The minimum absolute atomic E-state index is 0. The van der Waals surface area contributed by atoms with Gasteiger partial charge in [0.1, 0.15) is 6.42 Å². The van der Waals surface area contributed by atoms with Crippen LogP contribution in [0.2, 0.25) is 0 Å². The van der Waals surface area contributed by atoms with Crippen LogP contribution in [0.1, 0.15) is 65.2 Å². The Morgan fingerprint density at radius 1 is 0.511 bits per heavy atom. The average Bonchev–Trinajstić information content (AvgIpc) is 2.86. The fraction of sp³-hybridized carbons (Fsp3) is 0.833. The summed E-state index contributed by atoms with van der Waals surface area (Å²) in [5.74, 6) is -14.1. The molecule has 0 radical (unpaired) electrons. The molecule has 23 heteroatoms. The second-order valence-corrected chi connectivity index (χ2v) is 16.5. The molecule has 0 aromatic rings. The predicted molar refractivity (Wildman–Crippen MR) is 174 cm³/mol. The zero-order valence-electron chi connectivity index (χ0n) is 24.4. The molecule has 0 unspecified atom stereocenters. The third kappa shape index (κ3) is 29.5. The minimum Gasteiger partial charge on any atom is -0.774 e. The fourth-order valence-electron chi connectivity index (χ4n) is 2.53. The largest absolute Gasteiger partial charge is 0.774 e. The Bertz CT molecular complexity index is 936. The van der Waals surface area contributed by atoms with Crippen LogP contribution in [0.4, 0.5) is 61.5 Å². The van der Waals surface area contributed by atoms with Gasteiger partial charge in [-0.2, -0.15) is 99.1 Å². The van der Waals surface area contributed by atoms with Crippen molar-refractivity contribution in [3.05, 3.63) is 16.9 Å². The second kappa shape index (κ2) is 23.8. The van der Waals surface area contributed by atoms with Crippen molar-refractivity contribution in [1.29, 1.82) is 0 Å². The molecule has 0 nitrogen and oxygen atoms in total. The number of rotatable bonds is 20. The van der Waals surface area contributed by atoms with Crippen LogP contribution in [0.5, 0.6) is 0 Å². The van der Waals surface area contributed by atoms with Gasteiger partial charge in [0.05, 0.1) is 0 Å². The summed E-state index contributed by atoms with van der Waals surface area (Å²) in [5.41, 5.74) is 0. The molecule has 0 aliphatic carbocycles. The molecule has 0 rings (SSSR count). The van der Waals surface area contributed by atoms with E-state index < -0.39 is 67.5 Å². The van der Waals surface area contributed by atoms with Gasteiger partial charge in [0, 0.05) is 60.1 Å². The van der Waals surface area contributed by atoms with Crippen molar-refractivity contribution < 1.29 is 78.0 Å². The van der Waals surface area contributed by atoms with Crippen molar-refractivity contribution in [1.82, 2.24) is 0 Å². The minimum atomic E-state index is -5.65. The molecular weight excluding hydrogens is 869 g/mol. The smallest absolute Gasteiger partial charge is 0.453 e. The van der Waals surface area contributed by atoms with Crippen LogP contribution < -0.4 is 0 Å². The summed E-state index contributed by atoms with van der Waals surface area (Å²) in [6.07, 6.45) is -16.2. The normalized spacial score (nSPS) is 14.5. The monoisotopic (exact) mass is 898 g/mol. The fourth-order valence-corrected chi connectivity index (χ4v) is 7.53. The molecule has 0 heterocycles. The first-order valence-electron chi connectivity index (χ1n) is 12.9. The molecule has 0 atom stereocenters. The third-order valence-electron chi connectivity index (χ3n) is 4.99. The molecule has 0 aliphatic heterocycles. The summed E-state index contributed by atoms with van der Waals surface area (Å²) in [5, 5.41) is 0. The topological polar surface area (TPSA) is 0 Å². The molecule has 0 saturated heterocycles. The summed E-state index contributed by atoms with van der Waals surface area (Å²) in [4.78, 5) is 0. The molecule has 0 aromatic heterocycles. The van der Waals surface area contributed by atoms with Crippen molar-refractivity contribution >= 4 is 97.6 Å². The van der Waals surface area contributed by atoms with E-state index in [4.69, 9.17) is 50.5 Å². The number of thioether (sulfide) groups is 4. The molecule has 0 spiro atoms. The summed E-state index contributed by atoms with van der Waals surface area (Å²) in [6.45, 7) is 2.32. The van der Waals surface area contributed by atoms with Crippen molar-refractivity contribution in [2.75, 3.05) is 23.0 Å². The first kappa shape index (κ1) is 52.6. The SMILES string of the molecule is CCC(F)(F)CCS/C([S-])=C(/[S-])SCCCC(C)(F)F.FC(F)(F)CC(F)(F)CCS/C([S-])=C(/[S-])SCCCC(F)(F)C(F)(F)F.[Ni]. The van der Waals surface area contributed by atoms with Crippen LogP contribution in [0, 0.1) is 0 Å². The molecular formula is C24H30F14NiS8-4. The van der Waals surface area contributed by atoms with Crippen molar-refractivity contribution in [2.24, 2.45) is 0 Å². The van der Waals surface area contributed by atoms with Crippen molar-refractivity contribution in [3.63, 3.8) is 0 Å². The number of halogens is 14. The first-order chi connectivity index (χ1) is 20.5. The summed E-state index contributed by atoms with van der Waals surface area (Å²) in [7, 11) is 0. The van der Waals surface area contributed by atoms with Gasteiger partial charge in [0.15, 0.2) is 0 Å². The van der Waals surface area contributed by atoms with Crippen LogP contribution in [0.25, 0.3) is 0 Å². The van der Waals surface area contributed by atoms with Gasteiger partial charge in [-0.3, -0.25) is 0 Å². The Balaban J connectivity index is -0.000000833. The van der Waals surface area contributed by atoms with E-state index in [0.717, 1.165) is 18.7 Å². The Kier molecular flexibility index (Phi) is 26.6. The van der Waals surface area contributed by atoms with E-state index in [1.807, 2.05) is 0 Å². The van der Waals surface area contributed by atoms with E-state index >= 15 is 0 Å². The van der Waals surface area contributed by atoms with E-state index in [1.165, 1.54) is 18.7 Å². The summed E-state index contributed by atoms with van der Waals surface area (Å²) >= 11 is 23.3. The molecule has 0 amide bonds. The molecule has 0 N–H and O–H groups in total. The molecule has 0 fully saturated rings. The van der Waals surface area contributed by atoms with Crippen LogP contribution in [-0.2, 0) is 67.0 Å². The Morgan fingerprint density at radius 2 is 0.851 bits per heavy atom. The van der Waals surface area contributed by atoms with Gasteiger partial charge in [-0.05, 0) is 31.3 Å². The van der Waals surface area contributed by atoms with E-state index in [1.54, 1.807) is 0 Å². The van der Waals surface area contributed by atoms with Crippen molar-refractivity contribution in [2.45, 2.75) is 101 Å². The van der Waals surface area contributed by atoms with E-state index in [-0.39, 0.29) is 55.7 Å². The Hall–Kier alpha value is 1.27. The molecule has 0 aromatic carbocycles. The van der Waals surface area contributed by atoms with E-state index in [9.17, 15) is 61.5 Å². The number of hydrogen-bond donors (Lipinski definition) is 0. The van der Waals surface area contributed by atoms with Gasteiger partial charge in [-0.25, -0.2) is 26.3 Å². The van der Waals surface area contributed by atoms with Gasteiger partial charge in [0.2, 0.25) is 11.8 Å². The van der Waals surface area contributed by atoms with Crippen LogP contribution in [0.3, 0.4) is 0 Å². The van der Waals surface area contributed by atoms with Gasteiger partial charge < -0.3 is 50.5 Å². The van der Waals surface area contributed by atoms with Gasteiger partial charge in [0.25, 0.3) is 5.92 Å². The quantitative estimate of drug-likeness (QED) is 0.0506. The summed E-state index contributed by atoms with van der Waals surface area (Å²) < 4.78 is 175. The second-order valence-electron chi connectivity index (χ2n) is 9.38. The maximum atomic E-state index is 13.1. The summed E-state index contributed by atoms with van der Waals surface area (Å²) in [6, 6.07) is 0. The van der Waals surface area contributed by atoms with E-state index in [2.05, 4.69) is 0 Å². The number of hydrogen-bond acceptors (Lipinski definition) is 8. The first-order valence-corrected chi connectivity index (χ1v) is 18.4. The average molecular weight is 900 g/mol. The Morgan fingerprint density at radius 3 is 1.17 bits per heavy atom. The Labute approximate surface area is 314 Å². The predicted octanol–water partition coefficient (Wildman–Crippen LogP) is 12.2. The third-order valence-corrected chi connectivity index (χ3v) is 11.9. The van der Waals surface area contributed by atoms with Gasteiger partial charge >= 0.3 is 18.3 Å². The van der Waals surface area contributed by atoms with Gasteiger partial charge in [-0.1, -0.05) is 6.92 Å². The van der Waals surface area contributed by atoms with Crippen molar-refractivity contribution in [3.8, 4) is 0 Å². The molecule has 0 saturated carbocycles. The van der Waals surface area contributed by atoms with Gasteiger partial charge in [-0.15, -0.1) is 0 Å². The number of alkyl halides is 14. The maximum Gasteiger partial charge on any atom is 0.453 e. The molecule has 0 bridgehead atoms. The van der Waals surface area contributed by atoms with Crippen LogP contribution in [-0.4, -0.2) is 59.1 Å². The van der Waals surface area contributed by atoms with Crippen LogP contribution in [0.15, 0.2) is 16.9 Å². The zero-order chi connectivity index (χ0) is 36.6. The maximum absolute atomic E-state index is 13.1. The molecule has 0 aliphatic rings. The molecule has 47 heavy (non-hydrogen) atoms. The zero-order valence-corrected chi connectivity index (χ0v) is 31.9.